The van der Waals surface area contributed by atoms with Gasteiger partial charge in [-0.05, 0) is 22.4 Å². The van der Waals surface area contributed by atoms with Crippen molar-refractivity contribution in [3.05, 3.63) is 0 Å². The van der Waals surface area contributed by atoms with Crippen LogP contribution in [0.5, 0.6) is 0 Å². The van der Waals surface area contributed by atoms with Crippen molar-refractivity contribution in [2.45, 2.75) is 20.8 Å². The van der Waals surface area contributed by atoms with E-state index in [1.54, 1.807) is 0 Å². The summed E-state index contributed by atoms with van der Waals surface area (Å²) >= 11 is 0.922. The molecule has 1 amide bonds. The number of nitrogens with one attached hydrogen (secondary N) is 1. The molecule has 0 aromatic rings. The SMILES string of the molecule is C#CSC(=NO)C(C(=O)NC)C(C)(C)C. The number of amides is 1. The van der Waals surface area contributed by atoms with Crippen LogP contribution >= 0.6 is 11.8 Å². The minimum atomic E-state index is -0.548. The van der Waals surface area contributed by atoms with Crippen molar-refractivity contribution in [2.24, 2.45) is 16.5 Å². The van der Waals surface area contributed by atoms with Crippen LogP contribution in [0.1, 0.15) is 20.8 Å². The van der Waals surface area contributed by atoms with E-state index < -0.39 is 5.92 Å². The van der Waals surface area contributed by atoms with Crippen molar-refractivity contribution >= 4 is 22.7 Å². The summed E-state index contributed by atoms with van der Waals surface area (Å²) in [6, 6.07) is 0. The second-order valence-corrected chi connectivity index (χ2v) is 4.93. The van der Waals surface area contributed by atoms with Gasteiger partial charge in [0.1, 0.15) is 5.04 Å². The molecular weight excluding hydrogens is 212 g/mol. The fourth-order valence-electron chi connectivity index (χ4n) is 1.22. The number of hydrogen-bond donors (Lipinski definition) is 2. The van der Waals surface area contributed by atoms with Gasteiger partial charge in [0, 0.05) is 7.05 Å². The Morgan fingerprint density at radius 2 is 2.13 bits per heavy atom. The standard InChI is InChI=1S/C10H16N2O2S/c1-6-15-9(12-14)7(8(13)11-5)10(2,3)4/h1,7,14H,2-5H3,(H,11,13). The Morgan fingerprint density at radius 3 is 2.40 bits per heavy atom. The first-order valence-corrected chi connectivity index (χ1v) is 5.26. The van der Waals surface area contributed by atoms with Crippen LogP contribution in [0.4, 0.5) is 0 Å². The number of oxime groups is 1. The normalized spacial score (nSPS) is 14.2. The van der Waals surface area contributed by atoms with Crippen LogP contribution in [0.25, 0.3) is 0 Å². The van der Waals surface area contributed by atoms with Crippen LogP contribution in [0.3, 0.4) is 0 Å². The molecule has 0 aliphatic heterocycles. The van der Waals surface area contributed by atoms with Crippen molar-refractivity contribution in [1.29, 1.82) is 0 Å². The summed E-state index contributed by atoms with van der Waals surface area (Å²) in [5, 5.41) is 17.0. The molecule has 0 fully saturated rings. The van der Waals surface area contributed by atoms with Crippen LogP contribution in [0, 0.1) is 23.0 Å². The van der Waals surface area contributed by atoms with Crippen molar-refractivity contribution in [2.75, 3.05) is 7.05 Å². The summed E-state index contributed by atoms with van der Waals surface area (Å²) in [4.78, 5) is 11.6. The van der Waals surface area contributed by atoms with Gasteiger partial charge in [-0.25, -0.2) is 0 Å². The molecule has 15 heavy (non-hydrogen) atoms. The fourth-order valence-corrected chi connectivity index (χ4v) is 1.96. The highest BCUT2D eigenvalue weighted by Gasteiger charge is 2.35. The first kappa shape index (κ1) is 13.8. The van der Waals surface area contributed by atoms with E-state index in [1.807, 2.05) is 20.8 Å². The molecule has 1 atom stereocenters. The van der Waals surface area contributed by atoms with Gasteiger partial charge in [-0.3, -0.25) is 4.79 Å². The van der Waals surface area contributed by atoms with Gasteiger partial charge in [-0.1, -0.05) is 25.9 Å². The summed E-state index contributed by atoms with van der Waals surface area (Å²) < 4.78 is 0. The maximum absolute atomic E-state index is 11.6. The smallest absolute Gasteiger partial charge is 0.230 e. The minimum Gasteiger partial charge on any atom is -0.410 e. The Kier molecular flexibility index (Phi) is 5.23. The summed E-state index contributed by atoms with van der Waals surface area (Å²) in [5.41, 5.74) is -0.356. The highest BCUT2D eigenvalue weighted by atomic mass is 32.2. The van der Waals surface area contributed by atoms with E-state index >= 15 is 0 Å². The second kappa shape index (κ2) is 5.66. The van der Waals surface area contributed by atoms with Crippen LogP contribution in [0.15, 0.2) is 5.16 Å². The zero-order valence-corrected chi connectivity index (χ0v) is 10.2. The fraction of sp³-hybridized carbons (Fsp3) is 0.600. The van der Waals surface area contributed by atoms with Gasteiger partial charge < -0.3 is 10.5 Å². The van der Waals surface area contributed by atoms with E-state index in [0.717, 1.165) is 11.8 Å². The lowest BCUT2D eigenvalue weighted by molar-refractivity contribution is -0.124. The zero-order chi connectivity index (χ0) is 12.1. The third-order valence-electron chi connectivity index (χ3n) is 1.88. The van der Waals surface area contributed by atoms with Gasteiger partial charge in [-0.15, -0.1) is 6.42 Å². The average molecular weight is 228 g/mol. The van der Waals surface area contributed by atoms with E-state index in [2.05, 4.69) is 15.7 Å². The molecule has 0 saturated heterocycles. The van der Waals surface area contributed by atoms with Gasteiger partial charge in [-0.2, -0.15) is 0 Å². The first-order chi connectivity index (χ1) is 6.88. The molecule has 1 unspecified atom stereocenters. The summed E-state index contributed by atoms with van der Waals surface area (Å²) in [5.74, 6) is -0.758. The molecule has 0 aliphatic rings. The predicted octanol–water partition coefficient (Wildman–Crippen LogP) is 1.51. The molecule has 0 heterocycles. The first-order valence-electron chi connectivity index (χ1n) is 4.44. The Hall–Kier alpha value is -1.15. The molecule has 0 aromatic carbocycles. The Balaban J connectivity index is 5.12. The zero-order valence-electron chi connectivity index (χ0n) is 9.37. The molecule has 4 nitrogen and oxygen atoms in total. The molecule has 0 rings (SSSR count). The number of rotatable bonds is 2. The Bertz CT molecular complexity index is 300. The second-order valence-electron chi connectivity index (χ2n) is 4.07. The number of carbonyl (C=O) groups is 1. The van der Waals surface area contributed by atoms with Gasteiger partial charge in [0.05, 0.1) is 5.92 Å². The van der Waals surface area contributed by atoms with E-state index in [-0.39, 0.29) is 16.4 Å². The molecule has 84 valence electrons. The van der Waals surface area contributed by atoms with Gasteiger partial charge in [0.15, 0.2) is 0 Å². The molecule has 0 aromatic heterocycles. The Morgan fingerprint density at radius 1 is 1.60 bits per heavy atom. The molecule has 0 radical (unpaired) electrons. The van der Waals surface area contributed by atoms with Crippen molar-refractivity contribution in [3.63, 3.8) is 0 Å². The average Bonchev–Trinajstić information content (AvgIpc) is 2.14. The van der Waals surface area contributed by atoms with E-state index in [0.29, 0.717) is 0 Å². The number of hydrogen-bond acceptors (Lipinski definition) is 4. The maximum Gasteiger partial charge on any atom is 0.230 e. The molecular formula is C10H16N2O2S. The van der Waals surface area contributed by atoms with E-state index in [9.17, 15) is 4.79 Å². The van der Waals surface area contributed by atoms with Crippen molar-refractivity contribution in [1.82, 2.24) is 5.32 Å². The van der Waals surface area contributed by atoms with Crippen LogP contribution in [0.2, 0.25) is 0 Å². The maximum atomic E-state index is 11.6. The number of terminal acetylenes is 1. The molecule has 0 spiro atoms. The predicted molar refractivity (Wildman–Crippen MR) is 62.7 cm³/mol. The summed E-state index contributed by atoms with van der Waals surface area (Å²) in [6.07, 6.45) is 5.12. The third-order valence-corrected chi connectivity index (χ3v) is 2.53. The highest BCUT2D eigenvalue weighted by Crippen LogP contribution is 2.31. The van der Waals surface area contributed by atoms with Gasteiger partial charge in [0.25, 0.3) is 0 Å². The van der Waals surface area contributed by atoms with Crippen molar-refractivity contribution in [3.8, 4) is 11.7 Å². The molecule has 0 aliphatic carbocycles. The van der Waals surface area contributed by atoms with Crippen LogP contribution < -0.4 is 5.32 Å². The lowest BCUT2D eigenvalue weighted by Crippen LogP contribution is -2.40. The number of thioether (sulfide) groups is 1. The topological polar surface area (TPSA) is 61.7 Å². The van der Waals surface area contributed by atoms with Crippen LogP contribution in [-0.4, -0.2) is 23.2 Å². The summed E-state index contributed by atoms with van der Waals surface area (Å²) in [6.45, 7) is 5.65. The van der Waals surface area contributed by atoms with Gasteiger partial charge >= 0.3 is 0 Å². The summed E-state index contributed by atoms with van der Waals surface area (Å²) in [7, 11) is 1.54. The lowest BCUT2D eigenvalue weighted by atomic mass is 9.81. The minimum absolute atomic E-state index is 0.210. The van der Waals surface area contributed by atoms with E-state index in [4.69, 9.17) is 11.6 Å². The largest absolute Gasteiger partial charge is 0.410 e. The van der Waals surface area contributed by atoms with E-state index in [1.165, 1.54) is 7.05 Å². The monoisotopic (exact) mass is 228 g/mol. The van der Waals surface area contributed by atoms with Crippen LogP contribution in [-0.2, 0) is 4.79 Å². The Labute approximate surface area is 94.5 Å². The molecule has 5 heteroatoms. The van der Waals surface area contributed by atoms with Gasteiger partial charge in [0.2, 0.25) is 5.91 Å². The number of nitrogens with zero attached hydrogens (tertiary/aromatic N) is 1. The quantitative estimate of drug-likeness (QED) is 0.247. The third kappa shape index (κ3) is 3.84. The number of carbonyl (C=O) groups excluding carboxylic acids is 1. The molecule has 0 bridgehead atoms. The molecule has 2 N–H and O–H groups in total. The van der Waals surface area contributed by atoms with Crippen molar-refractivity contribution < 1.29 is 10.0 Å². The lowest BCUT2D eigenvalue weighted by Gasteiger charge is -2.28. The highest BCUT2D eigenvalue weighted by molar-refractivity contribution is 8.18. The molecule has 0 saturated carbocycles.